The minimum absolute atomic E-state index is 0.450. The van der Waals surface area contributed by atoms with E-state index in [-0.39, 0.29) is 0 Å². The van der Waals surface area contributed by atoms with Gasteiger partial charge in [0.1, 0.15) is 0 Å². The lowest BCUT2D eigenvalue weighted by Gasteiger charge is -2.32. The van der Waals surface area contributed by atoms with Gasteiger partial charge in [-0.15, -0.1) is 11.3 Å². The summed E-state index contributed by atoms with van der Waals surface area (Å²) in [5.74, 6) is 0. The van der Waals surface area contributed by atoms with Crippen molar-refractivity contribution in [2.45, 2.75) is 5.41 Å². The summed E-state index contributed by atoms with van der Waals surface area (Å²) >= 11 is 1.88. The van der Waals surface area contributed by atoms with Crippen LogP contribution in [0.4, 0.5) is 17.1 Å². The van der Waals surface area contributed by atoms with Gasteiger partial charge in [-0.3, -0.25) is 0 Å². The molecule has 0 atom stereocenters. The lowest BCUT2D eigenvalue weighted by molar-refractivity contribution is 0.794. The number of thiophene rings is 1. The number of fused-ring (bicyclic) bond motifs is 16. The number of anilines is 3. The average Bonchev–Trinajstić information content (AvgIpc) is 4.01. The molecule has 0 amide bonds. The molecular weight excluding hydrogens is 803 g/mol. The van der Waals surface area contributed by atoms with Gasteiger partial charge in [0, 0.05) is 37.0 Å². The van der Waals surface area contributed by atoms with Crippen molar-refractivity contribution in [2.24, 2.45) is 0 Å². The molecule has 0 aliphatic heterocycles. The van der Waals surface area contributed by atoms with Gasteiger partial charge in [0.25, 0.3) is 0 Å². The van der Waals surface area contributed by atoms with Crippen molar-refractivity contribution in [1.82, 2.24) is 0 Å². The quantitative estimate of drug-likeness (QED) is 0.156. The van der Waals surface area contributed by atoms with Crippen LogP contribution in [0.3, 0.4) is 0 Å². The minimum atomic E-state index is -0.450. The second-order valence-electron chi connectivity index (χ2n) is 17.5. The lowest BCUT2D eigenvalue weighted by atomic mass is 9.70. The first kappa shape index (κ1) is 36.4. The Kier molecular flexibility index (Phi) is 7.84. The monoisotopic (exact) mass is 841 g/mol. The maximum absolute atomic E-state index is 2.55. The fourth-order valence-electron chi connectivity index (χ4n) is 11.6. The van der Waals surface area contributed by atoms with E-state index in [2.05, 4.69) is 241 Å². The van der Waals surface area contributed by atoms with E-state index in [1.54, 1.807) is 0 Å². The number of benzene rings is 11. The van der Waals surface area contributed by atoms with E-state index in [9.17, 15) is 0 Å². The number of rotatable bonds is 5. The molecule has 0 N–H and O–H groups in total. The zero-order valence-electron chi connectivity index (χ0n) is 35.4. The van der Waals surface area contributed by atoms with Crippen LogP contribution in [-0.2, 0) is 5.41 Å². The normalized spacial score (nSPS) is 13.0. The largest absolute Gasteiger partial charge is 0.309 e. The molecule has 0 radical (unpaired) electrons. The predicted molar refractivity (Wildman–Crippen MR) is 276 cm³/mol. The number of hydrogen-bond donors (Lipinski definition) is 0. The first-order valence-electron chi connectivity index (χ1n) is 22.5. The molecule has 302 valence electrons. The number of nitrogens with zero attached hydrogens (tertiary/aromatic N) is 1. The summed E-state index contributed by atoms with van der Waals surface area (Å²) in [6.45, 7) is 0. The molecule has 12 aromatic rings. The molecule has 0 unspecified atom stereocenters. The van der Waals surface area contributed by atoms with Gasteiger partial charge in [0.15, 0.2) is 0 Å². The van der Waals surface area contributed by atoms with Crippen molar-refractivity contribution in [3.63, 3.8) is 0 Å². The van der Waals surface area contributed by atoms with Crippen LogP contribution in [0.25, 0.3) is 86.2 Å². The third-order valence-electron chi connectivity index (χ3n) is 14.3. The van der Waals surface area contributed by atoms with Crippen molar-refractivity contribution >= 4 is 70.1 Å². The summed E-state index contributed by atoms with van der Waals surface area (Å²) in [5.41, 5.74) is 18.4. The third kappa shape index (κ3) is 5.14. The fraction of sp³-hybridized carbons (Fsp3) is 0.0159. The van der Waals surface area contributed by atoms with E-state index in [1.807, 2.05) is 11.3 Å². The summed E-state index contributed by atoms with van der Waals surface area (Å²) in [4.78, 5) is 2.55. The van der Waals surface area contributed by atoms with Crippen LogP contribution in [0.5, 0.6) is 0 Å². The van der Waals surface area contributed by atoms with Crippen molar-refractivity contribution in [3.8, 4) is 44.5 Å². The van der Waals surface area contributed by atoms with Crippen LogP contribution in [0.2, 0.25) is 0 Å². The van der Waals surface area contributed by atoms with Crippen LogP contribution in [0, 0.1) is 0 Å². The summed E-state index contributed by atoms with van der Waals surface area (Å²) in [7, 11) is 0. The zero-order chi connectivity index (χ0) is 42.6. The molecule has 2 aliphatic carbocycles. The molecular formula is C63H39NS. The molecule has 0 saturated heterocycles. The first-order chi connectivity index (χ1) is 32.3. The van der Waals surface area contributed by atoms with Gasteiger partial charge < -0.3 is 4.90 Å². The van der Waals surface area contributed by atoms with Gasteiger partial charge in [-0.1, -0.05) is 194 Å². The topological polar surface area (TPSA) is 3.24 Å². The van der Waals surface area contributed by atoms with Gasteiger partial charge >= 0.3 is 0 Å². The van der Waals surface area contributed by atoms with Crippen molar-refractivity contribution in [2.75, 3.05) is 4.90 Å². The Labute approximate surface area is 381 Å². The molecule has 1 heterocycles. The molecule has 2 aliphatic rings. The molecule has 11 aromatic carbocycles. The van der Waals surface area contributed by atoms with Gasteiger partial charge in [-0.2, -0.15) is 0 Å². The van der Waals surface area contributed by atoms with Crippen LogP contribution in [-0.4, -0.2) is 0 Å². The van der Waals surface area contributed by atoms with E-state index in [0.717, 1.165) is 17.1 Å². The Morgan fingerprint density at radius 2 is 0.923 bits per heavy atom. The average molecular weight is 842 g/mol. The van der Waals surface area contributed by atoms with Crippen LogP contribution in [0.15, 0.2) is 237 Å². The van der Waals surface area contributed by atoms with Gasteiger partial charge in [0.05, 0.1) is 16.8 Å². The molecule has 2 heteroatoms. The molecule has 65 heavy (non-hydrogen) atoms. The van der Waals surface area contributed by atoms with Crippen molar-refractivity contribution in [1.29, 1.82) is 0 Å². The Balaban J connectivity index is 1.04. The Morgan fingerprint density at radius 1 is 0.323 bits per heavy atom. The molecule has 0 fully saturated rings. The Bertz CT molecular complexity index is 3870. The minimum Gasteiger partial charge on any atom is -0.309 e. The summed E-state index contributed by atoms with van der Waals surface area (Å²) in [6, 6.07) is 88.4. The summed E-state index contributed by atoms with van der Waals surface area (Å²) < 4.78 is 2.57. The highest BCUT2D eigenvalue weighted by Crippen LogP contribution is 2.65. The van der Waals surface area contributed by atoms with E-state index >= 15 is 0 Å². The molecule has 1 aromatic heterocycles. The summed E-state index contributed by atoms with van der Waals surface area (Å²) in [5, 5.41) is 7.66. The van der Waals surface area contributed by atoms with E-state index < -0.39 is 5.41 Å². The van der Waals surface area contributed by atoms with Crippen LogP contribution >= 0.6 is 11.3 Å². The maximum Gasteiger partial charge on any atom is 0.0726 e. The van der Waals surface area contributed by atoms with Gasteiger partial charge in [-0.05, 0) is 120 Å². The highest BCUT2D eigenvalue weighted by Gasteiger charge is 2.52. The van der Waals surface area contributed by atoms with Gasteiger partial charge in [-0.25, -0.2) is 0 Å². The van der Waals surface area contributed by atoms with Crippen molar-refractivity contribution in [3.05, 3.63) is 259 Å². The van der Waals surface area contributed by atoms with Crippen LogP contribution < -0.4 is 4.90 Å². The van der Waals surface area contributed by atoms with Crippen LogP contribution in [0.1, 0.15) is 22.3 Å². The standard InChI is InChI=1S/C63H39NS/c1-2-16-40(17-3-1)47-20-9-13-29-57(47)64(58-30-15-28-56-62(58)51-23-8-12-27-55(51)63(56)53-25-10-6-21-49(53)50-22-7-11-26-54(50)63)44-35-37-59-52(39-44)61-48(24-14-31-60(61)65-59)43-34-36-46-42(38-43)33-32-41-18-4-5-19-45(41)46/h1-39H. The zero-order valence-corrected chi connectivity index (χ0v) is 36.2. The third-order valence-corrected chi connectivity index (χ3v) is 15.4. The summed E-state index contributed by atoms with van der Waals surface area (Å²) in [6.07, 6.45) is 0. The number of para-hydroxylation sites is 1. The van der Waals surface area contributed by atoms with E-state index in [1.165, 1.54) is 108 Å². The Hall–Kier alpha value is -8.04. The molecule has 1 spiro atoms. The van der Waals surface area contributed by atoms with E-state index in [4.69, 9.17) is 0 Å². The molecule has 0 bridgehead atoms. The SMILES string of the molecule is c1ccc(-c2ccccc2N(c2ccc3sc4cccc(-c5ccc6c(ccc7ccccc76)c5)c4c3c2)c2cccc3c2-c2ccccc2C32c3ccccc3-c3ccccc32)cc1. The Morgan fingerprint density at radius 3 is 1.74 bits per heavy atom. The number of hydrogen-bond acceptors (Lipinski definition) is 2. The molecule has 1 nitrogen and oxygen atoms in total. The van der Waals surface area contributed by atoms with Gasteiger partial charge in [0.2, 0.25) is 0 Å². The van der Waals surface area contributed by atoms with Crippen molar-refractivity contribution < 1.29 is 0 Å². The first-order valence-corrected chi connectivity index (χ1v) is 23.3. The smallest absolute Gasteiger partial charge is 0.0726 e. The highest BCUT2D eigenvalue weighted by molar-refractivity contribution is 7.26. The highest BCUT2D eigenvalue weighted by atomic mass is 32.1. The van der Waals surface area contributed by atoms with E-state index in [0.29, 0.717) is 0 Å². The maximum atomic E-state index is 2.55. The molecule has 0 saturated carbocycles. The molecule has 14 rings (SSSR count). The second kappa shape index (κ2) is 14.0. The lowest BCUT2D eigenvalue weighted by Crippen LogP contribution is -2.26. The fourth-order valence-corrected chi connectivity index (χ4v) is 12.7. The predicted octanol–water partition coefficient (Wildman–Crippen LogP) is 17.5. The second-order valence-corrected chi connectivity index (χ2v) is 18.6.